The van der Waals surface area contributed by atoms with E-state index in [1.807, 2.05) is 0 Å². The van der Waals surface area contributed by atoms with Gasteiger partial charge in [-0.25, -0.2) is 0 Å². The van der Waals surface area contributed by atoms with Crippen LogP contribution in [0.3, 0.4) is 0 Å². The number of hydrogen-bond donors (Lipinski definition) is 3. The molecule has 1 aliphatic heterocycles. The van der Waals surface area contributed by atoms with Gasteiger partial charge < -0.3 is 24.8 Å². The fraction of sp³-hybridized carbons (Fsp3) is 0.889. The van der Waals surface area contributed by atoms with Crippen LogP contribution in [0.25, 0.3) is 0 Å². The largest absolute Gasteiger partial charge is 0.523 e. The summed E-state index contributed by atoms with van der Waals surface area (Å²) in [7, 11) is -6.15. The number of carbonyl (C=O) groups is 1. The zero-order valence-corrected chi connectivity index (χ0v) is 11.7. The smallest absolute Gasteiger partial charge is 0.433 e. The molecule has 0 aromatic rings. The Hall–Kier alpha value is -0.990. The van der Waals surface area contributed by atoms with E-state index in [1.165, 1.54) is 0 Å². The van der Waals surface area contributed by atoms with Gasteiger partial charge in [-0.2, -0.15) is 21.6 Å². The van der Waals surface area contributed by atoms with Gasteiger partial charge in [-0.3, -0.25) is 8.98 Å². The third-order valence-electron chi connectivity index (χ3n) is 2.63. The quantitative estimate of drug-likeness (QED) is 0.304. The van der Waals surface area contributed by atoms with Gasteiger partial charge in [-0.15, -0.1) is 0 Å². The fourth-order valence-corrected chi connectivity index (χ4v) is 2.22. The van der Waals surface area contributed by atoms with Gasteiger partial charge in [-0.1, -0.05) is 0 Å². The van der Waals surface area contributed by atoms with Crippen LogP contribution in [0.1, 0.15) is 6.92 Å². The first-order valence-corrected chi connectivity index (χ1v) is 7.10. The first-order valence-electron chi connectivity index (χ1n) is 5.70. The Balaban J connectivity index is 3.08. The van der Waals surface area contributed by atoms with Crippen LogP contribution in [-0.4, -0.2) is 72.5 Å². The van der Waals surface area contributed by atoms with Crippen molar-refractivity contribution in [2.75, 3.05) is 6.61 Å². The van der Waals surface area contributed by atoms with Gasteiger partial charge in [0.05, 0.1) is 6.61 Å². The zero-order valence-electron chi connectivity index (χ0n) is 10.9. The Morgan fingerprint density at radius 2 is 1.82 bits per heavy atom. The second kappa shape index (κ2) is 6.64. The second-order valence-corrected chi connectivity index (χ2v) is 5.84. The maximum absolute atomic E-state index is 12.3. The molecule has 1 fully saturated rings. The van der Waals surface area contributed by atoms with Crippen molar-refractivity contribution >= 4 is 16.1 Å². The van der Waals surface area contributed by atoms with Crippen molar-refractivity contribution in [3.05, 3.63) is 0 Å². The van der Waals surface area contributed by atoms with E-state index < -0.39 is 58.9 Å². The summed E-state index contributed by atoms with van der Waals surface area (Å²) in [6.45, 7) is -0.0429. The second-order valence-electron chi connectivity index (χ2n) is 4.28. The highest BCUT2D eigenvalue weighted by Crippen LogP contribution is 2.31. The molecule has 5 atom stereocenters. The normalized spacial score (nSPS) is 33.5. The summed E-state index contributed by atoms with van der Waals surface area (Å²) in [4.78, 5) is 10.9. The Bertz CT molecular complexity index is 505. The number of aliphatic hydroxyl groups is 3. The third-order valence-corrected chi connectivity index (χ3v) is 3.67. The number of ether oxygens (including phenoxy) is 2. The Labute approximate surface area is 122 Å². The number of aliphatic hydroxyl groups excluding tert-OH is 3. The van der Waals surface area contributed by atoms with Gasteiger partial charge in [0.25, 0.3) is 0 Å². The average molecular weight is 354 g/mol. The molecule has 0 aromatic carbocycles. The van der Waals surface area contributed by atoms with Crippen LogP contribution >= 0.6 is 0 Å². The molecule has 1 saturated heterocycles. The van der Waals surface area contributed by atoms with Crippen LogP contribution in [0, 0.1) is 0 Å². The summed E-state index contributed by atoms with van der Waals surface area (Å²) in [5.74, 6) is -1.08. The highest BCUT2D eigenvalue weighted by molar-refractivity contribution is 7.87. The maximum atomic E-state index is 12.3. The molecule has 2 unspecified atom stereocenters. The number of esters is 1. The molecule has 3 N–H and O–H groups in total. The zero-order chi connectivity index (χ0) is 17.3. The molecule has 9 nitrogen and oxygen atoms in total. The highest BCUT2D eigenvalue weighted by Gasteiger charge is 2.54. The van der Waals surface area contributed by atoms with Crippen LogP contribution < -0.4 is 0 Å². The van der Waals surface area contributed by atoms with Gasteiger partial charge in [-0.05, 0) is 0 Å². The first kappa shape index (κ1) is 19.1. The van der Waals surface area contributed by atoms with Gasteiger partial charge in [0.2, 0.25) is 6.29 Å². The van der Waals surface area contributed by atoms with Crippen LogP contribution in [0.5, 0.6) is 0 Å². The van der Waals surface area contributed by atoms with Crippen molar-refractivity contribution in [2.45, 2.75) is 43.1 Å². The number of halogens is 3. The summed E-state index contributed by atoms with van der Waals surface area (Å²) in [5.41, 5.74) is -5.80. The number of alkyl halides is 3. The lowest BCUT2D eigenvalue weighted by atomic mass is 9.99. The average Bonchev–Trinajstić information content (AvgIpc) is 2.36. The molecule has 0 aromatic heterocycles. The predicted molar refractivity (Wildman–Crippen MR) is 59.4 cm³/mol. The van der Waals surface area contributed by atoms with Crippen molar-refractivity contribution in [3.8, 4) is 0 Å². The van der Waals surface area contributed by atoms with E-state index in [1.54, 1.807) is 0 Å². The maximum Gasteiger partial charge on any atom is 0.523 e. The monoisotopic (exact) mass is 354 g/mol. The van der Waals surface area contributed by atoms with Gasteiger partial charge >= 0.3 is 21.6 Å². The van der Waals surface area contributed by atoms with Gasteiger partial charge in [0.1, 0.15) is 18.3 Å². The summed E-state index contributed by atoms with van der Waals surface area (Å²) in [5, 5.41) is 28.1. The van der Waals surface area contributed by atoms with Crippen LogP contribution in [0.2, 0.25) is 0 Å². The fourth-order valence-electron chi connectivity index (χ4n) is 1.62. The van der Waals surface area contributed by atoms with Gasteiger partial charge in [0, 0.05) is 6.92 Å². The molecule has 0 bridgehead atoms. The number of rotatable bonds is 4. The first-order chi connectivity index (χ1) is 9.90. The molecule has 1 rings (SSSR count). The van der Waals surface area contributed by atoms with Crippen molar-refractivity contribution < 1.29 is 55.4 Å². The minimum Gasteiger partial charge on any atom is -0.433 e. The summed E-state index contributed by atoms with van der Waals surface area (Å²) in [6, 6.07) is 0. The number of hydrogen-bond acceptors (Lipinski definition) is 9. The van der Waals surface area contributed by atoms with E-state index in [0.717, 1.165) is 6.92 Å². The van der Waals surface area contributed by atoms with Crippen LogP contribution in [-0.2, 0) is 28.6 Å². The molecule has 1 aliphatic rings. The minimum absolute atomic E-state index is 0.837. The Kier molecular flexibility index (Phi) is 5.75. The highest BCUT2D eigenvalue weighted by atomic mass is 32.2. The molecular weight excluding hydrogens is 341 g/mol. The molecule has 0 amide bonds. The molecule has 1 heterocycles. The van der Waals surface area contributed by atoms with E-state index in [4.69, 9.17) is 9.84 Å². The lowest BCUT2D eigenvalue weighted by molar-refractivity contribution is -0.287. The van der Waals surface area contributed by atoms with Crippen LogP contribution in [0.4, 0.5) is 13.2 Å². The summed E-state index contributed by atoms with van der Waals surface area (Å²) < 4.78 is 71.8. The minimum atomic E-state index is -6.15. The molecular formula is C9H13F3O9S. The SMILES string of the molecule is CC(=O)O[C@@H]1OC(CO)[C@@H](O)C(O)[C@H]1OS(=O)(=O)C(F)(F)F. The van der Waals surface area contributed by atoms with Gasteiger partial charge in [0.15, 0.2) is 6.10 Å². The Morgan fingerprint density at radius 1 is 1.27 bits per heavy atom. The summed E-state index contributed by atoms with van der Waals surface area (Å²) >= 11 is 0. The van der Waals surface area contributed by atoms with E-state index >= 15 is 0 Å². The van der Waals surface area contributed by atoms with E-state index in [2.05, 4.69) is 8.92 Å². The number of carbonyl (C=O) groups excluding carboxylic acids is 1. The lowest BCUT2D eigenvalue weighted by Crippen LogP contribution is -2.61. The lowest BCUT2D eigenvalue weighted by Gasteiger charge is -2.40. The standard InChI is InChI=1S/C9H13F3O9S/c1-3(14)19-8-7(21-22(17,18)9(10,11)12)6(16)5(15)4(2-13)20-8/h4-8,13,15-16H,2H2,1H3/t4?,5-,6?,7-,8-/m1/s1. The predicted octanol–water partition coefficient (Wildman–Crippen LogP) is -1.78. The molecule has 0 saturated carbocycles. The molecule has 0 spiro atoms. The van der Waals surface area contributed by atoms with Crippen LogP contribution in [0.15, 0.2) is 0 Å². The molecule has 130 valence electrons. The van der Waals surface area contributed by atoms with E-state index in [0.29, 0.717) is 0 Å². The van der Waals surface area contributed by atoms with Crippen molar-refractivity contribution in [2.24, 2.45) is 0 Å². The molecule has 22 heavy (non-hydrogen) atoms. The molecule has 0 aliphatic carbocycles. The molecule has 13 heteroatoms. The molecule has 0 radical (unpaired) electrons. The Morgan fingerprint density at radius 3 is 2.23 bits per heavy atom. The van der Waals surface area contributed by atoms with Crippen molar-refractivity contribution in [1.29, 1.82) is 0 Å². The van der Waals surface area contributed by atoms with E-state index in [9.17, 15) is 36.6 Å². The topological polar surface area (TPSA) is 140 Å². The van der Waals surface area contributed by atoms with E-state index in [-0.39, 0.29) is 0 Å². The van der Waals surface area contributed by atoms with Crippen molar-refractivity contribution in [3.63, 3.8) is 0 Å². The van der Waals surface area contributed by atoms with Crippen molar-refractivity contribution in [1.82, 2.24) is 0 Å². The third kappa shape index (κ3) is 4.05. The summed E-state index contributed by atoms with van der Waals surface area (Å²) in [6.07, 6.45) is -10.2.